The van der Waals surface area contributed by atoms with Gasteiger partial charge in [0.05, 0.1) is 0 Å². The molecule has 17 heavy (non-hydrogen) atoms. The Morgan fingerprint density at radius 2 is 2.29 bits per heavy atom. The molecule has 2 nitrogen and oxygen atoms in total. The molecule has 0 fully saturated rings. The van der Waals surface area contributed by atoms with Gasteiger partial charge >= 0.3 is 0 Å². The van der Waals surface area contributed by atoms with Gasteiger partial charge in [0.1, 0.15) is 0 Å². The topological polar surface area (TPSA) is 29.1 Å². The van der Waals surface area contributed by atoms with E-state index in [-0.39, 0.29) is 0 Å². The molecule has 2 aromatic rings. The lowest BCUT2D eigenvalue weighted by atomic mass is 10.2. The summed E-state index contributed by atoms with van der Waals surface area (Å²) in [6.45, 7) is 1.68. The summed E-state index contributed by atoms with van der Waals surface area (Å²) in [4.78, 5) is 2.65. The van der Waals surface area contributed by atoms with Gasteiger partial charge < -0.3 is 5.32 Å². The van der Waals surface area contributed by atoms with Crippen LogP contribution in [0.15, 0.2) is 29.0 Å². The van der Waals surface area contributed by atoms with Gasteiger partial charge in [-0.15, -0.1) is 22.7 Å². The van der Waals surface area contributed by atoms with E-state index in [4.69, 9.17) is 0 Å². The lowest BCUT2D eigenvalue weighted by Gasteiger charge is -2.00. The molecule has 0 aliphatic heterocycles. The third-order valence-electron chi connectivity index (χ3n) is 2.32. The molecule has 0 saturated carbocycles. The standard InChI is InChI=1S/C12H15NOS3/c1-17(14)6-4-13-8-11-7-10(9-16-11)12-3-2-5-15-12/h2-3,5,7,9,13H,4,6,8H2,1H3. The van der Waals surface area contributed by atoms with E-state index >= 15 is 0 Å². The number of nitrogens with one attached hydrogen (secondary N) is 1. The average molecular weight is 285 g/mol. The van der Waals surface area contributed by atoms with E-state index in [1.54, 1.807) is 28.9 Å². The van der Waals surface area contributed by atoms with Crippen molar-refractivity contribution in [3.63, 3.8) is 0 Å². The second-order valence-electron chi connectivity index (χ2n) is 3.73. The van der Waals surface area contributed by atoms with E-state index in [1.807, 2.05) is 0 Å². The van der Waals surface area contributed by atoms with Gasteiger partial charge in [-0.3, -0.25) is 4.21 Å². The third kappa shape index (κ3) is 4.03. The minimum Gasteiger partial charge on any atom is -0.311 e. The maximum absolute atomic E-state index is 10.9. The summed E-state index contributed by atoms with van der Waals surface area (Å²) in [5, 5.41) is 7.61. The molecule has 1 unspecified atom stereocenters. The molecule has 0 spiro atoms. The fraction of sp³-hybridized carbons (Fsp3) is 0.333. The Morgan fingerprint density at radius 1 is 1.41 bits per heavy atom. The van der Waals surface area contributed by atoms with Crippen molar-refractivity contribution in [2.75, 3.05) is 18.6 Å². The highest BCUT2D eigenvalue weighted by Gasteiger charge is 2.03. The quantitative estimate of drug-likeness (QED) is 0.827. The zero-order chi connectivity index (χ0) is 12.1. The normalized spacial score (nSPS) is 12.8. The summed E-state index contributed by atoms with van der Waals surface area (Å²) in [5.74, 6) is 0.725. The van der Waals surface area contributed by atoms with Crippen LogP contribution in [0.2, 0.25) is 0 Å². The van der Waals surface area contributed by atoms with E-state index in [2.05, 4.69) is 34.3 Å². The summed E-state index contributed by atoms with van der Waals surface area (Å²) >= 11 is 3.54. The number of thiophene rings is 2. The fourth-order valence-corrected chi connectivity index (χ4v) is 3.55. The molecule has 0 aromatic carbocycles. The van der Waals surface area contributed by atoms with Gasteiger partial charge in [-0.2, -0.15) is 0 Å². The zero-order valence-electron chi connectivity index (χ0n) is 9.64. The second kappa shape index (κ2) is 6.44. The Bertz CT molecular complexity index is 476. The summed E-state index contributed by atoms with van der Waals surface area (Å²) in [6.07, 6.45) is 1.74. The van der Waals surface area contributed by atoms with Crippen LogP contribution < -0.4 is 5.32 Å². The van der Waals surface area contributed by atoms with Gasteiger partial charge in [-0.05, 0) is 22.9 Å². The Kier molecular flexibility index (Phi) is 4.91. The van der Waals surface area contributed by atoms with Crippen molar-refractivity contribution < 1.29 is 4.21 Å². The van der Waals surface area contributed by atoms with Crippen LogP contribution >= 0.6 is 22.7 Å². The first-order chi connectivity index (χ1) is 8.25. The summed E-state index contributed by atoms with van der Waals surface area (Å²) in [6, 6.07) is 6.45. The largest absolute Gasteiger partial charge is 0.311 e. The minimum absolute atomic E-state index is 0.700. The Balaban J connectivity index is 1.84. The fourth-order valence-electron chi connectivity index (χ4n) is 1.47. The minimum atomic E-state index is -0.700. The van der Waals surface area contributed by atoms with Gasteiger partial charge in [-0.25, -0.2) is 0 Å². The molecule has 0 saturated heterocycles. The van der Waals surface area contributed by atoms with E-state index in [0.717, 1.165) is 18.8 Å². The second-order valence-corrected chi connectivity index (χ2v) is 7.23. The number of hydrogen-bond acceptors (Lipinski definition) is 4. The van der Waals surface area contributed by atoms with Crippen LogP contribution in [0.3, 0.4) is 0 Å². The van der Waals surface area contributed by atoms with E-state index in [9.17, 15) is 4.21 Å². The van der Waals surface area contributed by atoms with Gasteiger partial charge in [0, 0.05) is 51.2 Å². The highest BCUT2D eigenvalue weighted by atomic mass is 32.2. The van der Waals surface area contributed by atoms with Crippen molar-refractivity contribution in [1.29, 1.82) is 0 Å². The van der Waals surface area contributed by atoms with Crippen LogP contribution in [0.5, 0.6) is 0 Å². The van der Waals surface area contributed by atoms with Gasteiger partial charge in [-0.1, -0.05) is 6.07 Å². The van der Waals surface area contributed by atoms with Crippen molar-refractivity contribution in [1.82, 2.24) is 5.32 Å². The summed E-state index contributed by atoms with van der Waals surface area (Å²) < 4.78 is 10.9. The molecule has 2 heterocycles. The van der Waals surface area contributed by atoms with Crippen molar-refractivity contribution in [2.24, 2.45) is 0 Å². The van der Waals surface area contributed by atoms with Gasteiger partial charge in [0.2, 0.25) is 0 Å². The monoisotopic (exact) mass is 285 g/mol. The lowest BCUT2D eigenvalue weighted by molar-refractivity contribution is 0.678. The zero-order valence-corrected chi connectivity index (χ0v) is 12.1. The molecule has 5 heteroatoms. The van der Waals surface area contributed by atoms with Crippen LogP contribution in [0.25, 0.3) is 10.4 Å². The summed E-state index contributed by atoms with van der Waals surface area (Å²) in [5.41, 5.74) is 1.31. The first-order valence-corrected chi connectivity index (χ1v) is 8.86. The SMILES string of the molecule is CS(=O)CCNCc1cc(-c2cccs2)cs1. The van der Waals surface area contributed by atoms with Crippen LogP contribution in [0, 0.1) is 0 Å². The van der Waals surface area contributed by atoms with Crippen molar-refractivity contribution in [3.05, 3.63) is 33.8 Å². The average Bonchev–Trinajstić information content (AvgIpc) is 2.94. The third-order valence-corrected chi connectivity index (χ3v) is 4.96. The highest BCUT2D eigenvalue weighted by molar-refractivity contribution is 7.84. The smallest absolute Gasteiger partial charge is 0.0357 e. The Labute approximate surface area is 112 Å². The first-order valence-electron chi connectivity index (χ1n) is 5.38. The van der Waals surface area contributed by atoms with Crippen molar-refractivity contribution >= 4 is 33.5 Å². The van der Waals surface area contributed by atoms with E-state index in [0.29, 0.717) is 0 Å². The Morgan fingerprint density at radius 3 is 3.00 bits per heavy atom. The van der Waals surface area contributed by atoms with Gasteiger partial charge in [0.15, 0.2) is 0 Å². The molecule has 0 radical (unpaired) electrons. The molecule has 1 atom stereocenters. The predicted molar refractivity (Wildman–Crippen MR) is 78.3 cm³/mol. The van der Waals surface area contributed by atoms with Gasteiger partial charge in [0.25, 0.3) is 0 Å². The molecule has 2 rings (SSSR count). The number of hydrogen-bond donors (Lipinski definition) is 1. The highest BCUT2D eigenvalue weighted by Crippen LogP contribution is 2.28. The van der Waals surface area contributed by atoms with E-state index in [1.165, 1.54) is 15.3 Å². The Hall–Kier alpha value is -0.490. The van der Waals surface area contributed by atoms with Crippen molar-refractivity contribution in [2.45, 2.75) is 6.54 Å². The molecular formula is C12H15NOS3. The first kappa shape index (κ1) is 13.0. The van der Waals surface area contributed by atoms with Crippen LogP contribution in [-0.2, 0) is 17.3 Å². The maximum Gasteiger partial charge on any atom is 0.0357 e. The van der Waals surface area contributed by atoms with E-state index < -0.39 is 10.8 Å². The molecule has 0 aliphatic rings. The van der Waals surface area contributed by atoms with Crippen LogP contribution in [-0.4, -0.2) is 22.8 Å². The molecule has 0 bridgehead atoms. The van der Waals surface area contributed by atoms with Crippen molar-refractivity contribution in [3.8, 4) is 10.4 Å². The number of rotatable bonds is 6. The van der Waals surface area contributed by atoms with Crippen LogP contribution in [0.4, 0.5) is 0 Å². The molecular weight excluding hydrogens is 270 g/mol. The van der Waals surface area contributed by atoms with Crippen LogP contribution in [0.1, 0.15) is 4.88 Å². The lowest BCUT2D eigenvalue weighted by Crippen LogP contribution is -2.18. The molecule has 0 aliphatic carbocycles. The molecule has 92 valence electrons. The molecule has 0 amide bonds. The molecule has 2 aromatic heterocycles. The predicted octanol–water partition coefficient (Wildman–Crippen LogP) is 2.94. The maximum atomic E-state index is 10.9. The summed E-state index contributed by atoms with van der Waals surface area (Å²) in [7, 11) is -0.700. The molecule has 1 N–H and O–H groups in total.